The third kappa shape index (κ3) is 3.25. The molecule has 0 bridgehead atoms. The quantitative estimate of drug-likeness (QED) is 0.652. The maximum absolute atomic E-state index is 9.88. The minimum atomic E-state index is 0.0828. The molecular weight excluding hydrogens is 240 g/mol. The predicted molar refractivity (Wildman–Crippen MR) is 77.1 cm³/mol. The van der Waals surface area contributed by atoms with Gasteiger partial charge in [0, 0.05) is 5.56 Å². The van der Waals surface area contributed by atoms with Crippen molar-refractivity contribution in [3.8, 4) is 11.5 Å². The van der Waals surface area contributed by atoms with E-state index in [4.69, 9.17) is 4.74 Å². The van der Waals surface area contributed by atoms with Crippen LogP contribution >= 0.6 is 0 Å². The summed E-state index contributed by atoms with van der Waals surface area (Å²) >= 11 is 0. The molecule has 19 heavy (non-hydrogen) atoms. The Labute approximate surface area is 112 Å². The first-order valence-electron chi connectivity index (χ1n) is 5.92. The van der Waals surface area contributed by atoms with E-state index in [0.29, 0.717) is 11.3 Å². The molecule has 4 nitrogen and oxygen atoms in total. The van der Waals surface area contributed by atoms with Gasteiger partial charge in [0.05, 0.1) is 19.0 Å². The molecule has 0 radical (unpaired) electrons. The molecule has 0 aliphatic carbocycles. The number of nitrogens with one attached hydrogen (secondary N) is 1. The number of phenolic OH excluding ortho intramolecular Hbond substituents is 1. The number of para-hydroxylation sites is 1. The number of rotatable bonds is 4. The predicted octanol–water partition coefficient (Wildman–Crippen LogP) is 3.16. The summed E-state index contributed by atoms with van der Waals surface area (Å²) in [6.45, 7) is 2.03. The zero-order valence-corrected chi connectivity index (χ0v) is 10.9. The van der Waals surface area contributed by atoms with Crippen LogP contribution in [0.1, 0.15) is 11.1 Å². The maximum atomic E-state index is 9.88. The lowest BCUT2D eigenvalue weighted by molar-refractivity contribution is 0.373. The van der Waals surface area contributed by atoms with E-state index >= 15 is 0 Å². The SMILES string of the molecule is COc1cccc(/C=N/Nc2ccc(C)cc2)c1O. The largest absolute Gasteiger partial charge is 0.504 e. The van der Waals surface area contributed by atoms with E-state index in [9.17, 15) is 5.11 Å². The van der Waals surface area contributed by atoms with Crippen LogP contribution < -0.4 is 10.2 Å². The highest BCUT2D eigenvalue weighted by Gasteiger charge is 2.04. The topological polar surface area (TPSA) is 53.8 Å². The summed E-state index contributed by atoms with van der Waals surface area (Å²) in [6, 6.07) is 13.1. The molecule has 98 valence electrons. The first-order valence-corrected chi connectivity index (χ1v) is 5.92. The van der Waals surface area contributed by atoms with Gasteiger partial charge in [0.15, 0.2) is 11.5 Å². The van der Waals surface area contributed by atoms with E-state index in [0.717, 1.165) is 5.69 Å². The second kappa shape index (κ2) is 5.91. The van der Waals surface area contributed by atoms with Crippen molar-refractivity contribution in [1.29, 1.82) is 0 Å². The van der Waals surface area contributed by atoms with Crippen LogP contribution in [0.2, 0.25) is 0 Å². The molecule has 0 fully saturated rings. The van der Waals surface area contributed by atoms with Gasteiger partial charge in [0.25, 0.3) is 0 Å². The summed E-state index contributed by atoms with van der Waals surface area (Å²) in [4.78, 5) is 0. The molecule has 0 unspecified atom stereocenters. The molecule has 0 amide bonds. The standard InChI is InChI=1S/C15H16N2O2/c1-11-6-8-13(9-7-11)17-16-10-12-4-3-5-14(19-2)15(12)18/h3-10,17-18H,1-2H3/b16-10+. The lowest BCUT2D eigenvalue weighted by Crippen LogP contribution is -1.92. The highest BCUT2D eigenvalue weighted by Crippen LogP contribution is 2.27. The molecule has 2 aromatic carbocycles. The first-order chi connectivity index (χ1) is 9.20. The number of benzene rings is 2. The van der Waals surface area contributed by atoms with Crippen LogP contribution in [0, 0.1) is 6.92 Å². The fourth-order valence-corrected chi connectivity index (χ4v) is 1.61. The second-order valence-electron chi connectivity index (χ2n) is 4.13. The van der Waals surface area contributed by atoms with Crippen molar-refractivity contribution in [1.82, 2.24) is 0 Å². The smallest absolute Gasteiger partial charge is 0.166 e. The van der Waals surface area contributed by atoms with Crippen molar-refractivity contribution < 1.29 is 9.84 Å². The summed E-state index contributed by atoms with van der Waals surface area (Å²) in [6.07, 6.45) is 1.55. The van der Waals surface area contributed by atoms with E-state index in [1.54, 1.807) is 24.4 Å². The summed E-state index contributed by atoms with van der Waals surface area (Å²) in [5.74, 6) is 0.513. The highest BCUT2D eigenvalue weighted by atomic mass is 16.5. The Balaban J connectivity index is 2.09. The lowest BCUT2D eigenvalue weighted by atomic mass is 10.2. The third-order valence-electron chi connectivity index (χ3n) is 2.70. The molecule has 0 aliphatic rings. The van der Waals surface area contributed by atoms with Gasteiger partial charge in [-0.3, -0.25) is 5.43 Å². The van der Waals surface area contributed by atoms with Crippen LogP contribution in [0.15, 0.2) is 47.6 Å². The van der Waals surface area contributed by atoms with E-state index in [1.807, 2.05) is 31.2 Å². The van der Waals surface area contributed by atoms with Gasteiger partial charge in [-0.2, -0.15) is 5.10 Å². The summed E-state index contributed by atoms with van der Waals surface area (Å²) in [5.41, 5.74) is 5.59. The molecule has 0 atom stereocenters. The number of aromatic hydroxyl groups is 1. The van der Waals surface area contributed by atoms with Crippen LogP contribution in [0.5, 0.6) is 11.5 Å². The van der Waals surface area contributed by atoms with Crippen molar-refractivity contribution in [2.24, 2.45) is 5.10 Å². The molecular formula is C15H16N2O2. The van der Waals surface area contributed by atoms with Crippen molar-refractivity contribution in [2.75, 3.05) is 12.5 Å². The number of aryl methyl sites for hydroxylation is 1. The van der Waals surface area contributed by atoms with Crippen LogP contribution in [-0.2, 0) is 0 Å². The Morgan fingerprint density at radius 1 is 1.16 bits per heavy atom. The molecule has 2 rings (SSSR count). The molecule has 4 heteroatoms. The number of nitrogens with zero attached hydrogens (tertiary/aromatic N) is 1. The zero-order valence-electron chi connectivity index (χ0n) is 10.9. The van der Waals surface area contributed by atoms with Gasteiger partial charge in [-0.25, -0.2) is 0 Å². The van der Waals surface area contributed by atoms with E-state index in [1.165, 1.54) is 12.7 Å². The van der Waals surface area contributed by atoms with Crippen LogP contribution in [0.4, 0.5) is 5.69 Å². The number of hydrazone groups is 1. The van der Waals surface area contributed by atoms with Gasteiger partial charge in [-0.15, -0.1) is 0 Å². The van der Waals surface area contributed by atoms with Crippen molar-refractivity contribution in [3.63, 3.8) is 0 Å². The Bertz CT molecular complexity index is 577. The lowest BCUT2D eigenvalue weighted by Gasteiger charge is -2.05. The average Bonchev–Trinajstić information content (AvgIpc) is 2.43. The van der Waals surface area contributed by atoms with Gasteiger partial charge in [-0.1, -0.05) is 23.8 Å². The number of methoxy groups -OCH3 is 1. The van der Waals surface area contributed by atoms with E-state index < -0.39 is 0 Å². The fourth-order valence-electron chi connectivity index (χ4n) is 1.61. The minimum Gasteiger partial charge on any atom is -0.504 e. The molecule has 0 aromatic heterocycles. The van der Waals surface area contributed by atoms with E-state index in [2.05, 4.69) is 10.5 Å². The zero-order chi connectivity index (χ0) is 13.7. The third-order valence-corrected chi connectivity index (χ3v) is 2.70. The minimum absolute atomic E-state index is 0.0828. The van der Waals surface area contributed by atoms with Crippen LogP contribution in [0.3, 0.4) is 0 Å². The van der Waals surface area contributed by atoms with Gasteiger partial charge >= 0.3 is 0 Å². The Morgan fingerprint density at radius 2 is 1.89 bits per heavy atom. The van der Waals surface area contributed by atoms with Gasteiger partial charge in [-0.05, 0) is 31.2 Å². The Kier molecular flexibility index (Phi) is 4.03. The van der Waals surface area contributed by atoms with E-state index in [-0.39, 0.29) is 5.75 Å². The molecule has 2 aromatic rings. The van der Waals surface area contributed by atoms with Gasteiger partial charge < -0.3 is 9.84 Å². The van der Waals surface area contributed by atoms with Gasteiger partial charge in [0.1, 0.15) is 0 Å². The maximum Gasteiger partial charge on any atom is 0.166 e. The molecule has 0 aliphatic heterocycles. The number of hydrogen-bond donors (Lipinski definition) is 2. The second-order valence-corrected chi connectivity index (χ2v) is 4.13. The van der Waals surface area contributed by atoms with Crippen molar-refractivity contribution in [3.05, 3.63) is 53.6 Å². The summed E-state index contributed by atoms with van der Waals surface area (Å²) < 4.78 is 5.03. The summed E-state index contributed by atoms with van der Waals surface area (Å²) in [5, 5.41) is 14.0. The number of hydrogen-bond acceptors (Lipinski definition) is 4. The van der Waals surface area contributed by atoms with Crippen LogP contribution in [-0.4, -0.2) is 18.4 Å². The Morgan fingerprint density at radius 3 is 2.58 bits per heavy atom. The molecule has 0 heterocycles. The summed E-state index contributed by atoms with van der Waals surface area (Å²) in [7, 11) is 1.51. The average molecular weight is 256 g/mol. The number of ether oxygens (including phenoxy) is 1. The van der Waals surface area contributed by atoms with Crippen molar-refractivity contribution in [2.45, 2.75) is 6.92 Å². The molecule has 2 N–H and O–H groups in total. The number of phenols is 1. The monoisotopic (exact) mass is 256 g/mol. The Hall–Kier alpha value is -2.49. The molecule has 0 saturated carbocycles. The van der Waals surface area contributed by atoms with Gasteiger partial charge in [0.2, 0.25) is 0 Å². The molecule has 0 saturated heterocycles. The molecule has 0 spiro atoms. The normalized spacial score (nSPS) is 10.6. The fraction of sp³-hybridized carbons (Fsp3) is 0.133. The van der Waals surface area contributed by atoms with Crippen LogP contribution in [0.25, 0.3) is 0 Å². The number of anilines is 1. The van der Waals surface area contributed by atoms with Crippen molar-refractivity contribution >= 4 is 11.9 Å². The highest BCUT2D eigenvalue weighted by molar-refractivity contribution is 5.85. The first kappa shape index (κ1) is 13.0.